The standard InChI is InChI=1S/C16H26FN/c1-4-5-6-15(12-18-11-13(2)3)14-7-9-16(17)10-8-14/h7-10,13,15,18H,4-6,11-12H2,1-3H3. The van der Waals surface area contributed by atoms with Gasteiger partial charge >= 0.3 is 0 Å². The minimum absolute atomic E-state index is 0.150. The lowest BCUT2D eigenvalue weighted by atomic mass is 9.93. The molecular weight excluding hydrogens is 225 g/mol. The fraction of sp³-hybridized carbons (Fsp3) is 0.625. The Morgan fingerprint density at radius 2 is 1.78 bits per heavy atom. The zero-order valence-corrected chi connectivity index (χ0v) is 11.9. The molecule has 0 aromatic heterocycles. The van der Waals surface area contributed by atoms with Crippen molar-refractivity contribution in [1.82, 2.24) is 5.32 Å². The van der Waals surface area contributed by atoms with Crippen molar-refractivity contribution in [2.24, 2.45) is 5.92 Å². The van der Waals surface area contributed by atoms with E-state index in [1.54, 1.807) is 12.1 Å². The van der Waals surface area contributed by atoms with Gasteiger partial charge in [0, 0.05) is 6.54 Å². The number of hydrogen-bond donors (Lipinski definition) is 1. The average Bonchev–Trinajstić information content (AvgIpc) is 2.34. The van der Waals surface area contributed by atoms with Gasteiger partial charge in [0.15, 0.2) is 0 Å². The van der Waals surface area contributed by atoms with Gasteiger partial charge in [-0.05, 0) is 42.5 Å². The minimum atomic E-state index is -0.150. The van der Waals surface area contributed by atoms with Crippen LogP contribution in [0.2, 0.25) is 0 Å². The van der Waals surface area contributed by atoms with Crippen LogP contribution in [0.1, 0.15) is 51.5 Å². The SMILES string of the molecule is CCCCC(CNCC(C)C)c1ccc(F)cc1. The molecule has 0 heterocycles. The first-order valence-corrected chi connectivity index (χ1v) is 7.09. The third-order valence-electron chi connectivity index (χ3n) is 3.19. The summed E-state index contributed by atoms with van der Waals surface area (Å²) in [5.41, 5.74) is 1.25. The molecule has 18 heavy (non-hydrogen) atoms. The van der Waals surface area contributed by atoms with Gasteiger partial charge in [0.1, 0.15) is 5.82 Å². The largest absolute Gasteiger partial charge is 0.316 e. The highest BCUT2D eigenvalue weighted by Gasteiger charge is 2.11. The Hall–Kier alpha value is -0.890. The zero-order valence-electron chi connectivity index (χ0n) is 11.9. The van der Waals surface area contributed by atoms with Crippen molar-refractivity contribution in [3.8, 4) is 0 Å². The molecule has 1 aromatic rings. The van der Waals surface area contributed by atoms with E-state index in [1.807, 2.05) is 12.1 Å². The smallest absolute Gasteiger partial charge is 0.123 e. The van der Waals surface area contributed by atoms with Crippen LogP contribution in [-0.4, -0.2) is 13.1 Å². The van der Waals surface area contributed by atoms with Gasteiger partial charge in [0.2, 0.25) is 0 Å². The molecule has 0 saturated heterocycles. The van der Waals surface area contributed by atoms with Crippen molar-refractivity contribution < 1.29 is 4.39 Å². The topological polar surface area (TPSA) is 12.0 Å². The first-order valence-electron chi connectivity index (χ1n) is 7.09. The Labute approximate surface area is 111 Å². The number of rotatable bonds is 8. The maximum Gasteiger partial charge on any atom is 0.123 e. The van der Waals surface area contributed by atoms with Gasteiger partial charge in [0.25, 0.3) is 0 Å². The summed E-state index contributed by atoms with van der Waals surface area (Å²) >= 11 is 0. The average molecular weight is 251 g/mol. The van der Waals surface area contributed by atoms with E-state index in [1.165, 1.54) is 24.8 Å². The van der Waals surface area contributed by atoms with Crippen LogP contribution in [0.5, 0.6) is 0 Å². The first kappa shape index (κ1) is 15.2. The Bertz CT molecular complexity index is 318. The van der Waals surface area contributed by atoms with E-state index >= 15 is 0 Å². The second kappa shape index (κ2) is 8.25. The molecule has 1 unspecified atom stereocenters. The minimum Gasteiger partial charge on any atom is -0.316 e. The fourth-order valence-electron chi connectivity index (χ4n) is 2.12. The van der Waals surface area contributed by atoms with Crippen molar-refractivity contribution in [1.29, 1.82) is 0 Å². The van der Waals surface area contributed by atoms with E-state index in [0.717, 1.165) is 13.1 Å². The van der Waals surface area contributed by atoms with E-state index in [0.29, 0.717) is 11.8 Å². The molecule has 0 amide bonds. The number of halogens is 1. The van der Waals surface area contributed by atoms with E-state index in [9.17, 15) is 4.39 Å². The molecule has 0 radical (unpaired) electrons. The Morgan fingerprint density at radius 1 is 1.11 bits per heavy atom. The normalized spacial score (nSPS) is 12.9. The monoisotopic (exact) mass is 251 g/mol. The Morgan fingerprint density at radius 3 is 2.33 bits per heavy atom. The van der Waals surface area contributed by atoms with Crippen LogP contribution in [0.4, 0.5) is 4.39 Å². The van der Waals surface area contributed by atoms with Gasteiger partial charge in [-0.25, -0.2) is 4.39 Å². The van der Waals surface area contributed by atoms with Crippen molar-refractivity contribution in [3.05, 3.63) is 35.6 Å². The highest BCUT2D eigenvalue weighted by Crippen LogP contribution is 2.21. The van der Waals surface area contributed by atoms with Crippen LogP contribution in [-0.2, 0) is 0 Å². The summed E-state index contributed by atoms with van der Waals surface area (Å²) in [5.74, 6) is 1.03. The maximum absolute atomic E-state index is 12.9. The number of benzene rings is 1. The molecule has 1 rings (SSSR count). The van der Waals surface area contributed by atoms with Crippen LogP contribution >= 0.6 is 0 Å². The molecule has 102 valence electrons. The molecule has 1 atom stereocenters. The van der Waals surface area contributed by atoms with Crippen molar-refractivity contribution in [2.45, 2.75) is 46.0 Å². The summed E-state index contributed by atoms with van der Waals surface area (Å²) in [6.07, 6.45) is 3.61. The molecule has 0 aliphatic carbocycles. The van der Waals surface area contributed by atoms with Gasteiger partial charge in [0.05, 0.1) is 0 Å². The molecule has 0 bridgehead atoms. The van der Waals surface area contributed by atoms with Gasteiger partial charge in [-0.2, -0.15) is 0 Å². The van der Waals surface area contributed by atoms with Crippen molar-refractivity contribution in [2.75, 3.05) is 13.1 Å². The van der Waals surface area contributed by atoms with Gasteiger partial charge < -0.3 is 5.32 Å². The van der Waals surface area contributed by atoms with Crippen LogP contribution in [0, 0.1) is 11.7 Å². The lowest BCUT2D eigenvalue weighted by molar-refractivity contribution is 0.490. The van der Waals surface area contributed by atoms with Crippen LogP contribution < -0.4 is 5.32 Å². The summed E-state index contributed by atoms with van der Waals surface area (Å²) in [7, 11) is 0. The van der Waals surface area contributed by atoms with Crippen LogP contribution in [0.25, 0.3) is 0 Å². The second-order valence-electron chi connectivity index (χ2n) is 5.44. The number of nitrogens with one attached hydrogen (secondary N) is 1. The molecule has 1 N–H and O–H groups in total. The van der Waals surface area contributed by atoms with Gasteiger partial charge in [-0.15, -0.1) is 0 Å². The predicted molar refractivity (Wildman–Crippen MR) is 76.4 cm³/mol. The zero-order chi connectivity index (χ0) is 13.4. The van der Waals surface area contributed by atoms with Crippen molar-refractivity contribution >= 4 is 0 Å². The van der Waals surface area contributed by atoms with Gasteiger partial charge in [-0.1, -0.05) is 45.7 Å². The lowest BCUT2D eigenvalue weighted by Crippen LogP contribution is -2.25. The molecule has 2 heteroatoms. The summed E-state index contributed by atoms with van der Waals surface area (Å²) in [6, 6.07) is 6.98. The van der Waals surface area contributed by atoms with E-state index in [2.05, 4.69) is 26.1 Å². The van der Waals surface area contributed by atoms with Crippen LogP contribution in [0.3, 0.4) is 0 Å². The third-order valence-corrected chi connectivity index (χ3v) is 3.19. The second-order valence-corrected chi connectivity index (χ2v) is 5.44. The summed E-state index contributed by atoms with van der Waals surface area (Å²) in [4.78, 5) is 0. The molecule has 0 spiro atoms. The predicted octanol–water partition coefficient (Wildman–Crippen LogP) is 4.35. The fourth-order valence-corrected chi connectivity index (χ4v) is 2.12. The summed E-state index contributed by atoms with van der Waals surface area (Å²) in [5, 5.41) is 3.51. The molecule has 1 nitrogen and oxygen atoms in total. The summed E-state index contributed by atoms with van der Waals surface area (Å²) in [6.45, 7) is 8.68. The quantitative estimate of drug-likeness (QED) is 0.724. The first-order chi connectivity index (χ1) is 8.63. The molecule has 0 aliphatic heterocycles. The Kier molecular flexibility index (Phi) is 6.96. The molecule has 0 aliphatic rings. The molecule has 0 fully saturated rings. The van der Waals surface area contributed by atoms with E-state index < -0.39 is 0 Å². The highest BCUT2D eigenvalue weighted by molar-refractivity contribution is 5.20. The van der Waals surface area contributed by atoms with Crippen molar-refractivity contribution in [3.63, 3.8) is 0 Å². The highest BCUT2D eigenvalue weighted by atomic mass is 19.1. The maximum atomic E-state index is 12.9. The summed E-state index contributed by atoms with van der Waals surface area (Å²) < 4.78 is 12.9. The lowest BCUT2D eigenvalue weighted by Gasteiger charge is -2.19. The van der Waals surface area contributed by atoms with E-state index in [-0.39, 0.29) is 5.82 Å². The number of unbranched alkanes of at least 4 members (excludes halogenated alkanes) is 1. The Balaban J connectivity index is 2.56. The molecular formula is C16H26FN. The van der Waals surface area contributed by atoms with Gasteiger partial charge in [-0.3, -0.25) is 0 Å². The third kappa shape index (κ3) is 5.63. The molecule has 1 aromatic carbocycles. The molecule has 0 saturated carbocycles. The number of hydrogen-bond acceptors (Lipinski definition) is 1. The van der Waals surface area contributed by atoms with Crippen LogP contribution in [0.15, 0.2) is 24.3 Å². The van der Waals surface area contributed by atoms with E-state index in [4.69, 9.17) is 0 Å².